The quantitative estimate of drug-likeness (QED) is 0.663. The molecule has 2 aliphatic rings. The van der Waals surface area contributed by atoms with Crippen molar-refractivity contribution in [2.45, 2.75) is 51.1 Å². The molecule has 0 radical (unpaired) electrons. The van der Waals surface area contributed by atoms with Gasteiger partial charge in [-0.2, -0.15) is 0 Å². The molecule has 3 heteroatoms. The fourth-order valence-electron chi connectivity index (χ4n) is 4.49. The Hall–Kier alpha value is -2.00. The zero-order valence-corrected chi connectivity index (χ0v) is 15.2. The number of hydrogen-bond donors (Lipinski definition) is 0. The Labute approximate surface area is 154 Å². The van der Waals surface area contributed by atoms with Gasteiger partial charge in [0.2, 0.25) is 0 Å². The molecule has 2 atom stereocenters. The number of benzene rings is 2. The van der Waals surface area contributed by atoms with Gasteiger partial charge in [-0.25, -0.2) is 8.78 Å². The zero-order chi connectivity index (χ0) is 18.1. The van der Waals surface area contributed by atoms with E-state index in [9.17, 15) is 8.78 Å². The van der Waals surface area contributed by atoms with Crippen molar-refractivity contribution < 1.29 is 8.78 Å². The third kappa shape index (κ3) is 3.45. The number of aryl methyl sites for hydroxylation is 1. The third-order valence-corrected chi connectivity index (χ3v) is 5.95. The molecule has 0 amide bonds. The predicted octanol–water partition coefficient (Wildman–Crippen LogP) is 5.91. The summed E-state index contributed by atoms with van der Waals surface area (Å²) in [5.41, 5.74) is 4.84. The Balaban J connectivity index is 1.62. The number of nitrogens with zero attached hydrogens (tertiary/aromatic N) is 1. The lowest BCUT2D eigenvalue weighted by atomic mass is 9.84. The fourth-order valence-corrected chi connectivity index (χ4v) is 4.49. The molecule has 26 heavy (non-hydrogen) atoms. The molecule has 1 fully saturated rings. The highest BCUT2D eigenvalue weighted by molar-refractivity contribution is 5.60. The normalized spacial score (nSPS) is 21.8. The van der Waals surface area contributed by atoms with Crippen LogP contribution in [0.2, 0.25) is 0 Å². The number of halogens is 2. The van der Waals surface area contributed by atoms with Crippen molar-refractivity contribution in [2.24, 2.45) is 0 Å². The van der Waals surface area contributed by atoms with E-state index in [1.54, 1.807) is 24.3 Å². The van der Waals surface area contributed by atoms with Crippen LogP contribution in [0.5, 0.6) is 0 Å². The van der Waals surface area contributed by atoms with Gasteiger partial charge >= 0.3 is 0 Å². The van der Waals surface area contributed by atoms with Crippen molar-refractivity contribution in [3.8, 4) is 0 Å². The highest BCUT2D eigenvalue weighted by atomic mass is 19.1. The van der Waals surface area contributed by atoms with E-state index in [0.717, 1.165) is 36.9 Å². The molecule has 0 saturated carbocycles. The molecule has 4 rings (SSSR count). The van der Waals surface area contributed by atoms with Gasteiger partial charge in [-0.05, 0) is 80.1 Å². The molecular formula is C23H25F2N. The molecule has 0 aromatic heterocycles. The molecule has 2 unspecified atom stereocenters. The van der Waals surface area contributed by atoms with Gasteiger partial charge < -0.3 is 0 Å². The summed E-state index contributed by atoms with van der Waals surface area (Å²) in [6, 6.07) is 12.6. The Morgan fingerprint density at radius 1 is 0.962 bits per heavy atom. The van der Waals surface area contributed by atoms with Crippen molar-refractivity contribution in [3.05, 3.63) is 76.4 Å². The number of fused-ring (bicyclic) bond motifs is 1. The van der Waals surface area contributed by atoms with Crippen molar-refractivity contribution in [2.75, 3.05) is 6.54 Å². The van der Waals surface area contributed by atoms with Gasteiger partial charge in [-0.3, -0.25) is 4.90 Å². The predicted molar refractivity (Wildman–Crippen MR) is 102 cm³/mol. The second kappa shape index (κ2) is 7.32. The Morgan fingerprint density at radius 3 is 2.54 bits per heavy atom. The minimum atomic E-state index is -0.190. The van der Waals surface area contributed by atoms with Crippen molar-refractivity contribution in [1.29, 1.82) is 0 Å². The molecule has 2 aromatic carbocycles. The molecular weight excluding hydrogens is 328 g/mol. The van der Waals surface area contributed by atoms with E-state index >= 15 is 0 Å². The lowest BCUT2D eigenvalue weighted by Gasteiger charge is -2.42. The van der Waals surface area contributed by atoms with E-state index in [2.05, 4.69) is 17.9 Å². The summed E-state index contributed by atoms with van der Waals surface area (Å²) in [7, 11) is 0. The van der Waals surface area contributed by atoms with Crippen molar-refractivity contribution in [3.63, 3.8) is 0 Å². The summed E-state index contributed by atoms with van der Waals surface area (Å²) in [6.07, 6.45) is 7.79. The number of hydrogen-bond acceptors (Lipinski definition) is 1. The highest BCUT2D eigenvalue weighted by Gasteiger charge is 2.30. The van der Waals surface area contributed by atoms with Gasteiger partial charge in [0, 0.05) is 12.1 Å². The van der Waals surface area contributed by atoms with Crippen LogP contribution in [0.3, 0.4) is 0 Å². The van der Waals surface area contributed by atoms with Gasteiger partial charge in [-0.15, -0.1) is 0 Å². The van der Waals surface area contributed by atoms with E-state index in [4.69, 9.17) is 0 Å². The molecule has 0 N–H and O–H groups in total. The average Bonchev–Trinajstić information content (AvgIpc) is 2.67. The lowest BCUT2D eigenvalue weighted by Crippen LogP contribution is -2.42. The SMILES string of the molecule is CC(c1ccc(F)cc1)N1CCCCC1C1=Cc2cc(F)ccc2CC1. The van der Waals surface area contributed by atoms with Crippen LogP contribution < -0.4 is 0 Å². The van der Waals surface area contributed by atoms with Crippen molar-refractivity contribution in [1.82, 2.24) is 4.90 Å². The van der Waals surface area contributed by atoms with Gasteiger partial charge in [0.25, 0.3) is 0 Å². The number of likely N-dealkylation sites (tertiary alicyclic amines) is 1. The first-order valence-electron chi connectivity index (χ1n) is 9.62. The summed E-state index contributed by atoms with van der Waals surface area (Å²) in [5, 5.41) is 0. The molecule has 2 aromatic rings. The highest BCUT2D eigenvalue weighted by Crippen LogP contribution is 2.36. The molecule has 1 heterocycles. The Bertz CT molecular complexity index is 809. The molecule has 0 spiro atoms. The van der Waals surface area contributed by atoms with Crippen LogP contribution in [0.25, 0.3) is 6.08 Å². The smallest absolute Gasteiger partial charge is 0.123 e. The topological polar surface area (TPSA) is 3.24 Å². The molecule has 1 aliphatic carbocycles. The van der Waals surface area contributed by atoms with E-state index in [1.807, 2.05) is 18.2 Å². The standard InChI is InChI=1S/C23H25F2N/c1-16(17-7-10-21(24)11-8-17)26-13-3-2-4-23(26)19-6-5-18-9-12-22(25)15-20(18)14-19/h7-12,14-16,23H,2-6,13H2,1H3. The molecule has 1 nitrogen and oxygen atoms in total. The van der Waals surface area contributed by atoms with E-state index in [0.29, 0.717) is 6.04 Å². The van der Waals surface area contributed by atoms with Crippen LogP contribution in [0.15, 0.2) is 48.0 Å². The minimum absolute atomic E-state index is 0.165. The van der Waals surface area contributed by atoms with Gasteiger partial charge in [-0.1, -0.05) is 36.3 Å². The van der Waals surface area contributed by atoms with E-state index in [-0.39, 0.29) is 17.7 Å². The van der Waals surface area contributed by atoms with Gasteiger partial charge in [0.1, 0.15) is 11.6 Å². The fraction of sp³-hybridized carbons (Fsp3) is 0.391. The minimum Gasteiger partial charge on any atom is -0.290 e. The van der Waals surface area contributed by atoms with Crippen LogP contribution in [0.4, 0.5) is 8.78 Å². The Kier molecular flexibility index (Phi) is 4.90. The summed E-state index contributed by atoms with van der Waals surface area (Å²) in [5.74, 6) is -0.355. The molecule has 1 saturated heterocycles. The molecule has 0 bridgehead atoms. The van der Waals surface area contributed by atoms with Crippen LogP contribution in [-0.4, -0.2) is 17.5 Å². The maximum atomic E-state index is 13.7. The maximum absolute atomic E-state index is 13.7. The van der Waals surface area contributed by atoms with Crippen LogP contribution in [0, 0.1) is 11.6 Å². The largest absolute Gasteiger partial charge is 0.290 e. The summed E-state index contributed by atoms with van der Waals surface area (Å²) in [4.78, 5) is 2.55. The zero-order valence-electron chi connectivity index (χ0n) is 15.2. The second-order valence-electron chi connectivity index (χ2n) is 7.54. The molecule has 136 valence electrons. The van der Waals surface area contributed by atoms with E-state index < -0.39 is 0 Å². The van der Waals surface area contributed by atoms with Crippen molar-refractivity contribution >= 4 is 6.08 Å². The van der Waals surface area contributed by atoms with Crippen LogP contribution in [-0.2, 0) is 6.42 Å². The number of rotatable bonds is 3. The van der Waals surface area contributed by atoms with Gasteiger partial charge in [0.05, 0.1) is 0 Å². The van der Waals surface area contributed by atoms with Crippen LogP contribution in [0.1, 0.15) is 55.3 Å². The summed E-state index contributed by atoms with van der Waals surface area (Å²) < 4.78 is 26.9. The van der Waals surface area contributed by atoms with Gasteiger partial charge in [0.15, 0.2) is 0 Å². The van der Waals surface area contributed by atoms with E-state index in [1.165, 1.54) is 24.0 Å². The first-order chi connectivity index (χ1) is 12.6. The molecule has 1 aliphatic heterocycles. The maximum Gasteiger partial charge on any atom is 0.123 e. The number of piperidine rings is 1. The van der Waals surface area contributed by atoms with Crippen LogP contribution >= 0.6 is 0 Å². The summed E-state index contributed by atoms with van der Waals surface area (Å²) in [6.45, 7) is 3.26. The monoisotopic (exact) mass is 353 g/mol. The first-order valence-corrected chi connectivity index (χ1v) is 9.62. The summed E-state index contributed by atoms with van der Waals surface area (Å²) >= 11 is 0. The first kappa shape index (κ1) is 17.4. The Morgan fingerprint density at radius 2 is 1.73 bits per heavy atom. The lowest BCUT2D eigenvalue weighted by molar-refractivity contribution is 0.122. The average molecular weight is 353 g/mol. The third-order valence-electron chi connectivity index (χ3n) is 5.95. The second-order valence-corrected chi connectivity index (χ2v) is 7.54.